The summed E-state index contributed by atoms with van der Waals surface area (Å²) in [6, 6.07) is 5.51. The molecule has 2 aromatic rings. The van der Waals surface area contributed by atoms with Crippen LogP contribution in [0.2, 0.25) is 0 Å². The molecule has 0 aromatic carbocycles. The summed E-state index contributed by atoms with van der Waals surface area (Å²) >= 11 is 0. The van der Waals surface area contributed by atoms with Crippen molar-refractivity contribution in [1.82, 2.24) is 15.0 Å². The summed E-state index contributed by atoms with van der Waals surface area (Å²) in [5.74, 6) is 3.21. The van der Waals surface area contributed by atoms with Crippen LogP contribution in [0, 0.1) is 12.3 Å². The number of H-pyrrole nitrogens is 1. The highest BCUT2D eigenvalue weighted by atomic mass is 14.9. The molecule has 1 N–H and O–H groups in total. The number of nitrogens with zero attached hydrogens (tertiary/aromatic N) is 2. The van der Waals surface area contributed by atoms with Gasteiger partial charge in [0.05, 0.1) is 0 Å². The summed E-state index contributed by atoms with van der Waals surface area (Å²) in [5.41, 5.74) is 1.38. The lowest BCUT2D eigenvalue weighted by Gasteiger charge is -1.95. The Morgan fingerprint density at radius 3 is 3.00 bits per heavy atom. The normalized spacial score (nSPS) is 9.46. The second kappa shape index (κ2) is 3.11. The molecule has 0 aliphatic heterocycles. The standard InChI is InChI=1S/C10H7N3/c1-2-8-4-3-5-9(13-8)10-11-6-7-12-10/h1,3-7H,(H,11,12). The largest absolute Gasteiger partial charge is 0.343 e. The topological polar surface area (TPSA) is 41.6 Å². The molecule has 0 saturated heterocycles. The van der Waals surface area contributed by atoms with Crippen LogP contribution in [0.1, 0.15) is 5.69 Å². The van der Waals surface area contributed by atoms with E-state index in [1.165, 1.54) is 0 Å². The van der Waals surface area contributed by atoms with Gasteiger partial charge in [-0.05, 0) is 12.1 Å². The smallest absolute Gasteiger partial charge is 0.156 e. The Bertz CT molecular complexity index is 437. The van der Waals surface area contributed by atoms with Crippen LogP contribution < -0.4 is 0 Å². The molecule has 0 saturated carbocycles. The lowest BCUT2D eigenvalue weighted by Crippen LogP contribution is -1.88. The van der Waals surface area contributed by atoms with Crippen LogP contribution in [0.15, 0.2) is 30.6 Å². The Hall–Kier alpha value is -2.08. The summed E-state index contributed by atoms with van der Waals surface area (Å²) < 4.78 is 0. The van der Waals surface area contributed by atoms with Crippen LogP contribution in [0.5, 0.6) is 0 Å². The minimum atomic E-state index is 0.619. The lowest BCUT2D eigenvalue weighted by atomic mass is 10.3. The fraction of sp³-hybridized carbons (Fsp3) is 0. The molecule has 0 spiro atoms. The maximum Gasteiger partial charge on any atom is 0.156 e. The molecule has 0 fully saturated rings. The Balaban J connectivity index is 2.49. The number of hydrogen-bond acceptors (Lipinski definition) is 2. The van der Waals surface area contributed by atoms with Gasteiger partial charge in [-0.3, -0.25) is 0 Å². The number of aromatic nitrogens is 3. The Morgan fingerprint density at radius 1 is 1.38 bits per heavy atom. The van der Waals surface area contributed by atoms with Gasteiger partial charge in [0.15, 0.2) is 5.82 Å². The molecule has 62 valence electrons. The van der Waals surface area contributed by atoms with E-state index in [0.29, 0.717) is 5.69 Å². The van der Waals surface area contributed by atoms with Gasteiger partial charge in [-0.25, -0.2) is 9.97 Å². The molecule has 3 nitrogen and oxygen atoms in total. The number of hydrogen-bond donors (Lipinski definition) is 1. The number of rotatable bonds is 1. The van der Waals surface area contributed by atoms with E-state index in [-0.39, 0.29) is 0 Å². The van der Waals surface area contributed by atoms with Crippen molar-refractivity contribution in [3.63, 3.8) is 0 Å². The highest BCUT2D eigenvalue weighted by Gasteiger charge is 2.00. The van der Waals surface area contributed by atoms with Gasteiger partial charge >= 0.3 is 0 Å². The van der Waals surface area contributed by atoms with Crippen molar-refractivity contribution in [3.05, 3.63) is 36.3 Å². The van der Waals surface area contributed by atoms with Gasteiger partial charge in [-0.15, -0.1) is 6.42 Å². The first-order valence-electron chi connectivity index (χ1n) is 3.83. The van der Waals surface area contributed by atoms with Gasteiger partial charge in [-0.2, -0.15) is 0 Å². The van der Waals surface area contributed by atoms with Crippen LogP contribution >= 0.6 is 0 Å². The van der Waals surface area contributed by atoms with Crippen LogP contribution in [-0.2, 0) is 0 Å². The highest BCUT2D eigenvalue weighted by Crippen LogP contribution is 2.10. The van der Waals surface area contributed by atoms with Crippen molar-refractivity contribution in [2.24, 2.45) is 0 Å². The third-order valence-corrected chi connectivity index (χ3v) is 1.64. The molecule has 0 bridgehead atoms. The second-order valence-corrected chi connectivity index (χ2v) is 2.49. The first-order chi connectivity index (χ1) is 6.40. The number of imidazole rings is 1. The SMILES string of the molecule is C#Cc1cccc(-c2ncc[nH]2)n1. The van der Waals surface area contributed by atoms with Crippen LogP contribution in [0.4, 0.5) is 0 Å². The molecule has 0 radical (unpaired) electrons. The van der Waals surface area contributed by atoms with Crippen molar-refractivity contribution in [2.45, 2.75) is 0 Å². The average Bonchev–Trinajstić information content (AvgIpc) is 2.71. The fourth-order valence-corrected chi connectivity index (χ4v) is 1.05. The molecule has 13 heavy (non-hydrogen) atoms. The predicted molar refractivity (Wildman–Crippen MR) is 49.8 cm³/mol. The molecular formula is C10H7N3. The summed E-state index contributed by atoms with van der Waals surface area (Å²) in [6.45, 7) is 0. The summed E-state index contributed by atoms with van der Waals surface area (Å²) in [4.78, 5) is 11.2. The minimum Gasteiger partial charge on any atom is -0.343 e. The summed E-state index contributed by atoms with van der Waals surface area (Å²) in [7, 11) is 0. The van der Waals surface area contributed by atoms with E-state index >= 15 is 0 Å². The molecule has 0 atom stereocenters. The van der Waals surface area contributed by atoms with E-state index in [1.54, 1.807) is 18.5 Å². The number of aromatic amines is 1. The molecule has 2 rings (SSSR count). The first kappa shape index (κ1) is 7.56. The molecule has 2 heterocycles. The van der Waals surface area contributed by atoms with Crippen molar-refractivity contribution in [1.29, 1.82) is 0 Å². The van der Waals surface area contributed by atoms with Gasteiger partial charge in [0.2, 0.25) is 0 Å². The predicted octanol–water partition coefficient (Wildman–Crippen LogP) is 1.45. The molecule has 2 aromatic heterocycles. The molecule has 0 aliphatic carbocycles. The average molecular weight is 169 g/mol. The van der Waals surface area contributed by atoms with Crippen molar-refractivity contribution in [3.8, 4) is 23.9 Å². The Kier molecular flexibility index (Phi) is 1.81. The third-order valence-electron chi connectivity index (χ3n) is 1.64. The first-order valence-corrected chi connectivity index (χ1v) is 3.83. The lowest BCUT2D eigenvalue weighted by molar-refractivity contribution is 1.21. The van der Waals surface area contributed by atoms with Crippen LogP contribution in [0.3, 0.4) is 0 Å². The van der Waals surface area contributed by atoms with Gasteiger partial charge in [0.25, 0.3) is 0 Å². The maximum absolute atomic E-state index is 5.23. The van der Waals surface area contributed by atoms with E-state index in [9.17, 15) is 0 Å². The summed E-state index contributed by atoms with van der Waals surface area (Å²) in [6.07, 6.45) is 8.66. The van der Waals surface area contributed by atoms with E-state index < -0.39 is 0 Å². The Labute approximate surface area is 75.9 Å². The molecule has 0 unspecified atom stereocenters. The van der Waals surface area contributed by atoms with Gasteiger partial charge in [0, 0.05) is 12.4 Å². The van der Waals surface area contributed by atoms with Gasteiger partial charge < -0.3 is 4.98 Å². The highest BCUT2D eigenvalue weighted by molar-refractivity contribution is 5.50. The Morgan fingerprint density at radius 2 is 2.31 bits per heavy atom. The third kappa shape index (κ3) is 1.42. The van der Waals surface area contributed by atoms with Gasteiger partial charge in [0.1, 0.15) is 11.4 Å². The van der Waals surface area contributed by atoms with Crippen molar-refractivity contribution < 1.29 is 0 Å². The zero-order valence-electron chi connectivity index (χ0n) is 6.86. The van der Waals surface area contributed by atoms with E-state index in [2.05, 4.69) is 20.9 Å². The van der Waals surface area contributed by atoms with Crippen LogP contribution in [-0.4, -0.2) is 15.0 Å². The summed E-state index contributed by atoms with van der Waals surface area (Å²) in [5, 5.41) is 0. The zero-order chi connectivity index (χ0) is 9.10. The van der Waals surface area contributed by atoms with Crippen molar-refractivity contribution in [2.75, 3.05) is 0 Å². The number of terminal acetylenes is 1. The molecular weight excluding hydrogens is 162 g/mol. The number of pyridine rings is 1. The molecule has 0 aliphatic rings. The van der Waals surface area contributed by atoms with Gasteiger partial charge in [-0.1, -0.05) is 12.0 Å². The van der Waals surface area contributed by atoms with E-state index in [4.69, 9.17) is 6.42 Å². The van der Waals surface area contributed by atoms with Crippen molar-refractivity contribution >= 4 is 0 Å². The fourth-order valence-electron chi connectivity index (χ4n) is 1.05. The monoisotopic (exact) mass is 169 g/mol. The van der Waals surface area contributed by atoms with E-state index in [0.717, 1.165) is 11.5 Å². The van der Waals surface area contributed by atoms with Crippen LogP contribution in [0.25, 0.3) is 11.5 Å². The second-order valence-electron chi connectivity index (χ2n) is 2.49. The quantitative estimate of drug-likeness (QED) is 0.656. The molecule has 3 heteroatoms. The zero-order valence-corrected chi connectivity index (χ0v) is 6.86. The number of nitrogens with one attached hydrogen (secondary N) is 1. The minimum absolute atomic E-state index is 0.619. The maximum atomic E-state index is 5.23. The van der Waals surface area contributed by atoms with E-state index in [1.807, 2.05) is 12.1 Å². The molecule has 0 amide bonds.